The van der Waals surface area contributed by atoms with Crippen LogP contribution in [-0.4, -0.2) is 47.6 Å². The number of amides is 2. The zero-order valence-electron chi connectivity index (χ0n) is 21.4. The summed E-state index contributed by atoms with van der Waals surface area (Å²) in [7, 11) is 0. The summed E-state index contributed by atoms with van der Waals surface area (Å²) in [5, 5.41) is 14.6. The van der Waals surface area contributed by atoms with Crippen LogP contribution in [0.2, 0.25) is 0 Å². The molecule has 192 valence electrons. The lowest BCUT2D eigenvalue weighted by Crippen LogP contribution is -2.43. The molecule has 1 saturated carbocycles. The maximum absolute atomic E-state index is 12.9. The Kier molecular flexibility index (Phi) is 13.2. The van der Waals surface area contributed by atoms with Crippen LogP contribution in [0.5, 0.6) is 0 Å². The van der Waals surface area contributed by atoms with Gasteiger partial charge in [0.2, 0.25) is 11.8 Å². The first-order chi connectivity index (χ1) is 16.5. The summed E-state index contributed by atoms with van der Waals surface area (Å²) in [5.74, 6) is -0.528. The van der Waals surface area contributed by atoms with Crippen molar-refractivity contribution in [3.05, 3.63) is 35.9 Å². The maximum atomic E-state index is 12.9. The van der Waals surface area contributed by atoms with Crippen LogP contribution in [-0.2, 0) is 16.1 Å². The van der Waals surface area contributed by atoms with Gasteiger partial charge in [-0.2, -0.15) is 0 Å². The van der Waals surface area contributed by atoms with E-state index in [0.29, 0.717) is 31.8 Å². The molecule has 2 rings (SSSR count). The predicted molar refractivity (Wildman–Crippen MR) is 138 cm³/mol. The summed E-state index contributed by atoms with van der Waals surface area (Å²) in [6, 6.07) is 10.1. The molecule has 0 aliphatic heterocycles. The van der Waals surface area contributed by atoms with Crippen LogP contribution < -0.4 is 11.1 Å². The lowest BCUT2D eigenvalue weighted by molar-refractivity contribution is -0.132. The normalized spacial score (nSPS) is 17.1. The Morgan fingerprint density at radius 2 is 1.74 bits per heavy atom. The fourth-order valence-corrected chi connectivity index (χ4v) is 5.41. The maximum Gasteiger partial charge on any atom is 0.222 e. The van der Waals surface area contributed by atoms with Gasteiger partial charge in [-0.05, 0) is 43.1 Å². The Labute approximate surface area is 206 Å². The van der Waals surface area contributed by atoms with Crippen molar-refractivity contribution in [1.82, 2.24) is 10.2 Å². The molecule has 0 bridgehead atoms. The fraction of sp³-hybridized carbons (Fsp3) is 0.714. The summed E-state index contributed by atoms with van der Waals surface area (Å²) in [5.41, 5.74) is 7.04. The van der Waals surface area contributed by atoms with E-state index >= 15 is 0 Å². The van der Waals surface area contributed by atoms with E-state index in [1.165, 1.54) is 19.3 Å². The summed E-state index contributed by atoms with van der Waals surface area (Å²) >= 11 is 0. The molecular weight excluding hydrogens is 426 g/mol. The summed E-state index contributed by atoms with van der Waals surface area (Å²) in [4.78, 5) is 27.3. The molecule has 1 fully saturated rings. The van der Waals surface area contributed by atoms with Crippen LogP contribution >= 0.6 is 0 Å². The van der Waals surface area contributed by atoms with Crippen LogP contribution in [0, 0.1) is 17.8 Å². The summed E-state index contributed by atoms with van der Waals surface area (Å²) in [6.45, 7) is 6.69. The van der Waals surface area contributed by atoms with E-state index in [2.05, 4.69) is 31.3 Å². The largest absolute Gasteiger partial charge is 0.391 e. The molecule has 1 aromatic carbocycles. The molecule has 0 radical (unpaired) electrons. The van der Waals surface area contributed by atoms with Crippen molar-refractivity contribution in [3.8, 4) is 0 Å². The third-order valence-corrected chi connectivity index (χ3v) is 7.24. The van der Waals surface area contributed by atoms with Gasteiger partial charge in [-0.3, -0.25) is 9.59 Å². The van der Waals surface area contributed by atoms with Crippen LogP contribution in [0.3, 0.4) is 0 Å². The Balaban J connectivity index is 2.05. The zero-order valence-corrected chi connectivity index (χ0v) is 21.4. The second-order valence-electron chi connectivity index (χ2n) is 10.0. The number of hydrogen-bond acceptors (Lipinski definition) is 4. The van der Waals surface area contributed by atoms with Crippen molar-refractivity contribution in [2.24, 2.45) is 23.5 Å². The van der Waals surface area contributed by atoms with Gasteiger partial charge in [-0.15, -0.1) is 0 Å². The molecule has 1 aromatic rings. The molecule has 2 amide bonds. The van der Waals surface area contributed by atoms with Crippen molar-refractivity contribution >= 4 is 11.8 Å². The van der Waals surface area contributed by atoms with E-state index in [0.717, 1.165) is 50.8 Å². The van der Waals surface area contributed by atoms with Gasteiger partial charge in [0.05, 0.1) is 6.10 Å². The molecule has 6 nitrogen and oxygen atoms in total. The first-order valence-corrected chi connectivity index (χ1v) is 13.5. The van der Waals surface area contributed by atoms with Crippen molar-refractivity contribution in [2.45, 2.75) is 90.7 Å². The van der Waals surface area contributed by atoms with Gasteiger partial charge in [0.15, 0.2) is 0 Å². The van der Waals surface area contributed by atoms with E-state index in [-0.39, 0.29) is 11.8 Å². The average Bonchev–Trinajstić information content (AvgIpc) is 2.84. The van der Waals surface area contributed by atoms with Crippen LogP contribution in [0.15, 0.2) is 30.3 Å². The highest BCUT2D eigenvalue weighted by atomic mass is 16.3. The number of nitrogens with two attached hydrogens (primary N) is 1. The van der Waals surface area contributed by atoms with Gasteiger partial charge in [-0.25, -0.2) is 0 Å². The third kappa shape index (κ3) is 9.75. The van der Waals surface area contributed by atoms with Gasteiger partial charge in [-0.1, -0.05) is 76.3 Å². The minimum atomic E-state index is -0.680. The van der Waals surface area contributed by atoms with Crippen LogP contribution in [0.25, 0.3) is 0 Å². The highest BCUT2D eigenvalue weighted by molar-refractivity contribution is 5.79. The van der Waals surface area contributed by atoms with E-state index in [4.69, 9.17) is 5.73 Å². The number of benzene rings is 1. The van der Waals surface area contributed by atoms with E-state index in [9.17, 15) is 14.7 Å². The number of nitrogens with one attached hydrogen (secondary N) is 1. The molecular formula is C28H47N3O3. The molecule has 1 aliphatic carbocycles. The first kappa shape index (κ1) is 28.3. The Bertz CT molecular complexity index is 700. The average molecular weight is 474 g/mol. The van der Waals surface area contributed by atoms with Crippen molar-refractivity contribution in [2.75, 3.05) is 19.6 Å². The molecule has 3 atom stereocenters. The lowest BCUT2D eigenvalue weighted by atomic mass is 9.74. The number of aliphatic hydroxyl groups excluding tert-OH is 1. The smallest absolute Gasteiger partial charge is 0.222 e. The second-order valence-corrected chi connectivity index (χ2v) is 10.0. The minimum Gasteiger partial charge on any atom is -0.391 e. The van der Waals surface area contributed by atoms with Gasteiger partial charge < -0.3 is 21.1 Å². The number of primary amides is 1. The molecule has 34 heavy (non-hydrogen) atoms. The number of nitrogens with zero attached hydrogens (tertiary/aromatic N) is 1. The molecule has 1 aliphatic rings. The second kappa shape index (κ2) is 15.9. The molecule has 6 heteroatoms. The van der Waals surface area contributed by atoms with Crippen molar-refractivity contribution < 1.29 is 14.7 Å². The number of carbonyl (C=O) groups is 2. The highest BCUT2D eigenvalue weighted by Gasteiger charge is 2.35. The number of rotatable bonds is 16. The van der Waals surface area contributed by atoms with Crippen molar-refractivity contribution in [3.63, 3.8) is 0 Å². The quantitative estimate of drug-likeness (QED) is 0.334. The standard InChI is InChI=1S/C28H47N3O3/c1-3-17-31(18-4-2)27(33)16-15-24(28(29)34)25(19-22-11-7-5-8-12-22)26(32)21-30-20-23-13-9-6-10-14-23/h6,9-10,13-14,22,24-26,30,32H,3-5,7-8,11-12,15-21H2,1-2H3,(H2,29,34)/t24?,25-,26-/m0/s1. The number of hydrogen-bond donors (Lipinski definition) is 3. The molecule has 1 unspecified atom stereocenters. The Hall–Kier alpha value is -1.92. The first-order valence-electron chi connectivity index (χ1n) is 13.5. The SMILES string of the molecule is CCCN(CCC)C(=O)CCC(C(N)=O)[C@H](CC1CCCCC1)[C@@H](O)CNCc1ccccc1. The highest BCUT2D eigenvalue weighted by Crippen LogP contribution is 2.35. The third-order valence-electron chi connectivity index (χ3n) is 7.24. The zero-order chi connectivity index (χ0) is 24.8. The van der Waals surface area contributed by atoms with Gasteiger partial charge in [0, 0.05) is 38.5 Å². The van der Waals surface area contributed by atoms with Gasteiger partial charge in [0.1, 0.15) is 0 Å². The van der Waals surface area contributed by atoms with E-state index in [1.807, 2.05) is 23.1 Å². The van der Waals surface area contributed by atoms with E-state index in [1.54, 1.807) is 0 Å². The van der Waals surface area contributed by atoms with E-state index < -0.39 is 17.9 Å². The molecule has 0 aromatic heterocycles. The fourth-order valence-electron chi connectivity index (χ4n) is 5.41. The Morgan fingerprint density at radius 3 is 2.32 bits per heavy atom. The number of carbonyl (C=O) groups excluding carboxylic acids is 2. The summed E-state index contributed by atoms with van der Waals surface area (Å²) < 4.78 is 0. The topological polar surface area (TPSA) is 95.7 Å². The molecule has 0 spiro atoms. The van der Waals surface area contributed by atoms with Crippen LogP contribution in [0.1, 0.15) is 83.6 Å². The monoisotopic (exact) mass is 473 g/mol. The molecule has 0 heterocycles. The Morgan fingerprint density at radius 1 is 1.09 bits per heavy atom. The van der Waals surface area contributed by atoms with Crippen molar-refractivity contribution in [1.29, 1.82) is 0 Å². The molecule has 0 saturated heterocycles. The predicted octanol–water partition coefficient (Wildman–Crippen LogP) is 4.25. The molecule has 4 N–H and O–H groups in total. The van der Waals surface area contributed by atoms with Crippen LogP contribution in [0.4, 0.5) is 0 Å². The summed E-state index contributed by atoms with van der Waals surface area (Å²) in [6.07, 6.45) is 8.64. The lowest BCUT2D eigenvalue weighted by Gasteiger charge is -2.34. The van der Waals surface area contributed by atoms with Gasteiger partial charge in [0.25, 0.3) is 0 Å². The number of aliphatic hydroxyl groups is 1. The minimum absolute atomic E-state index is 0.0862. The van der Waals surface area contributed by atoms with Gasteiger partial charge >= 0.3 is 0 Å².